The average Bonchev–Trinajstić information content (AvgIpc) is 2.03. The number of rotatable bonds is 4. The zero-order valence-electron chi connectivity index (χ0n) is 8.92. The number of hydrogen-bond acceptors (Lipinski definition) is 3. The average molecular weight is 185 g/mol. The highest BCUT2D eigenvalue weighted by atomic mass is 15.1. The Morgan fingerprint density at radius 1 is 1.62 bits per heavy atom. The van der Waals surface area contributed by atoms with Crippen LogP contribution < -0.4 is 11.1 Å². The van der Waals surface area contributed by atoms with Gasteiger partial charge in [0.2, 0.25) is 0 Å². The third-order valence-corrected chi connectivity index (χ3v) is 2.62. The second-order valence-corrected chi connectivity index (χ2v) is 4.41. The van der Waals surface area contributed by atoms with Crippen molar-refractivity contribution in [1.29, 1.82) is 0 Å². The van der Waals surface area contributed by atoms with Crippen LogP contribution in [0.25, 0.3) is 0 Å². The van der Waals surface area contributed by atoms with Crippen LogP contribution >= 0.6 is 0 Å². The minimum atomic E-state index is 0.279. The Balaban J connectivity index is 2.06. The minimum absolute atomic E-state index is 0.279. The quantitative estimate of drug-likeness (QED) is 0.660. The Morgan fingerprint density at radius 3 is 3.00 bits per heavy atom. The Labute approximate surface area is 81.7 Å². The lowest BCUT2D eigenvalue weighted by Crippen LogP contribution is -2.40. The van der Waals surface area contributed by atoms with E-state index in [9.17, 15) is 0 Å². The summed E-state index contributed by atoms with van der Waals surface area (Å²) in [4.78, 5) is 2.42. The molecule has 1 saturated heterocycles. The van der Waals surface area contributed by atoms with Crippen LogP contribution in [0.1, 0.15) is 19.8 Å². The van der Waals surface area contributed by atoms with E-state index in [-0.39, 0.29) is 6.04 Å². The predicted molar refractivity (Wildman–Crippen MR) is 56.7 cm³/mol. The first-order valence-corrected chi connectivity index (χ1v) is 5.33. The van der Waals surface area contributed by atoms with Gasteiger partial charge in [0.05, 0.1) is 0 Å². The van der Waals surface area contributed by atoms with Gasteiger partial charge in [-0.2, -0.15) is 0 Å². The third-order valence-electron chi connectivity index (χ3n) is 2.62. The van der Waals surface area contributed by atoms with Gasteiger partial charge >= 0.3 is 0 Å². The van der Waals surface area contributed by atoms with Gasteiger partial charge in [0.1, 0.15) is 0 Å². The maximum atomic E-state index is 5.66. The van der Waals surface area contributed by atoms with E-state index in [4.69, 9.17) is 5.73 Å². The summed E-state index contributed by atoms with van der Waals surface area (Å²) in [7, 11) is 2.21. The SMILES string of the molecule is CC(N)CNCC1CCCN(C)C1. The molecule has 13 heavy (non-hydrogen) atoms. The summed E-state index contributed by atoms with van der Waals surface area (Å²) in [5.41, 5.74) is 5.66. The molecule has 2 atom stereocenters. The Bertz CT molecular complexity index is 136. The molecule has 3 N–H and O–H groups in total. The van der Waals surface area contributed by atoms with Crippen molar-refractivity contribution < 1.29 is 0 Å². The number of hydrogen-bond donors (Lipinski definition) is 2. The van der Waals surface area contributed by atoms with Crippen LogP contribution in [0.2, 0.25) is 0 Å². The molecule has 1 aliphatic heterocycles. The number of likely N-dealkylation sites (tertiary alicyclic amines) is 1. The molecule has 3 nitrogen and oxygen atoms in total. The zero-order valence-corrected chi connectivity index (χ0v) is 8.92. The molecule has 0 aromatic carbocycles. The zero-order chi connectivity index (χ0) is 9.68. The fourth-order valence-electron chi connectivity index (χ4n) is 1.95. The molecule has 0 spiro atoms. The summed E-state index contributed by atoms with van der Waals surface area (Å²) in [6.07, 6.45) is 2.72. The van der Waals surface area contributed by atoms with Gasteiger partial charge in [0, 0.05) is 19.1 Å². The lowest BCUT2D eigenvalue weighted by molar-refractivity contribution is 0.206. The summed E-state index contributed by atoms with van der Waals surface area (Å²) in [5, 5.41) is 3.42. The molecule has 3 heteroatoms. The first kappa shape index (κ1) is 11.0. The molecule has 1 fully saturated rings. The van der Waals surface area contributed by atoms with Crippen molar-refractivity contribution in [3.8, 4) is 0 Å². The summed E-state index contributed by atoms with van der Waals surface area (Å²) < 4.78 is 0. The van der Waals surface area contributed by atoms with Crippen LogP contribution in [-0.2, 0) is 0 Å². The van der Waals surface area contributed by atoms with Crippen molar-refractivity contribution in [2.24, 2.45) is 11.7 Å². The third kappa shape index (κ3) is 4.60. The van der Waals surface area contributed by atoms with Gasteiger partial charge in [-0.05, 0) is 45.8 Å². The number of piperidine rings is 1. The van der Waals surface area contributed by atoms with Gasteiger partial charge in [0.15, 0.2) is 0 Å². The standard InChI is InChI=1S/C10H23N3/c1-9(11)6-12-7-10-4-3-5-13(2)8-10/h9-10,12H,3-8,11H2,1-2H3. The fraction of sp³-hybridized carbons (Fsp3) is 1.00. The van der Waals surface area contributed by atoms with Gasteiger partial charge in [0.25, 0.3) is 0 Å². The van der Waals surface area contributed by atoms with Gasteiger partial charge in [-0.3, -0.25) is 0 Å². The van der Waals surface area contributed by atoms with E-state index in [1.54, 1.807) is 0 Å². The molecule has 78 valence electrons. The van der Waals surface area contributed by atoms with Crippen LogP contribution in [0.4, 0.5) is 0 Å². The molecule has 1 heterocycles. The molecule has 1 rings (SSSR count). The van der Waals surface area contributed by atoms with E-state index in [2.05, 4.69) is 17.3 Å². The lowest BCUT2D eigenvalue weighted by Gasteiger charge is -2.29. The highest BCUT2D eigenvalue weighted by Gasteiger charge is 2.16. The molecule has 1 aliphatic rings. The molecule has 0 aromatic rings. The molecule has 0 aromatic heterocycles. The highest BCUT2D eigenvalue weighted by Crippen LogP contribution is 2.13. The van der Waals surface area contributed by atoms with Crippen LogP contribution in [0.3, 0.4) is 0 Å². The van der Waals surface area contributed by atoms with Crippen molar-refractivity contribution in [2.45, 2.75) is 25.8 Å². The van der Waals surface area contributed by atoms with Crippen molar-refractivity contribution >= 4 is 0 Å². The van der Waals surface area contributed by atoms with Crippen LogP contribution in [0, 0.1) is 5.92 Å². The predicted octanol–water partition coefficient (Wildman–Crippen LogP) is 0.265. The van der Waals surface area contributed by atoms with Gasteiger partial charge in [-0.1, -0.05) is 0 Å². The van der Waals surface area contributed by atoms with Crippen LogP contribution in [0.5, 0.6) is 0 Å². The maximum Gasteiger partial charge on any atom is 0.0136 e. The fourth-order valence-corrected chi connectivity index (χ4v) is 1.95. The van der Waals surface area contributed by atoms with Gasteiger partial charge in [-0.15, -0.1) is 0 Å². The van der Waals surface area contributed by atoms with E-state index in [1.165, 1.54) is 25.9 Å². The Hall–Kier alpha value is -0.120. The van der Waals surface area contributed by atoms with E-state index < -0.39 is 0 Å². The largest absolute Gasteiger partial charge is 0.327 e. The lowest BCUT2D eigenvalue weighted by atomic mass is 9.98. The number of nitrogens with zero attached hydrogens (tertiary/aromatic N) is 1. The maximum absolute atomic E-state index is 5.66. The molecule has 0 aliphatic carbocycles. The Morgan fingerprint density at radius 2 is 2.38 bits per heavy atom. The Kier molecular flexibility index (Phi) is 4.70. The minimum Gasteiger partial charge on any atom is -0.327 e. The van der Waals surface area contributed by atoms with Crippen LogP contribution in [-0.4, -0.2) is 44.2 Å². The normalized spacial score (nSPS) is 27.5. The molecular weight excluding hydrogens is 162 g/mol. The van der Waals surface area contributed by atoms with E-state index in [0.717, 1.165) is 19.0 Å². The summed E-state index contributed by atoms with van der Waals surface area (Å²) in [5.74, 6) is 0.831. The summed E-state index contributed by atoms with van der Waals surface area (Å²) >= 11 is 0. The van der Waals surface area contributed by atoms with Crippen molar-refractivity contribution in [3.63, 3.8) is 0 Å². The van der Waals surface area contributed by atoms with Gasteiger partial charge < -0.3 is 16.0 Å². The molecular formula is C10H23N3. The van der Waals surface area contributed by atoms with Crippen molar-refractivity contribution in [1.82, 2.24) is 10.2 Å². The second-order valence-electron chi connectivity index (χ2n) is 4.41. The molecule has 0 bridgehead atoms. The highest BCUT2D eigenvalue weighted by molar-refractivity contribution is 4.73. The van der Waals surface area contributed by atoms with Gasteiger partial charge in [-0.25, -0.2) is 0 Å². The van der Waals surface area contributed by atoms with E-state index in [0.29, 0.717) is 0 Å². The molecule has 0 saturated carbocycles. The number of nitrogens with two attached hydrogens (primary N) is 1. The summed E-state index contributed by atoms with van der Waals surface area (Å²) in [6, 6.07) is 0.279. The van der Waals surface area contributed by atoms with E-state index >= 15 is 0 Å². The second kappa shape index (κ2) is 5.58. The number of nitrogens with one attached hydrogen (secondary N) is 1. The van der Waals surface area contributed by atoms with Crippen molar-refractivity contribution in [2.75, 3.05) is 33.2 Å². The van der Waals surface area contributed by atoms with E-state index in [1.807, 2.05) is 6.92 Å². The monoisotopic (exact) mass is 185 g/mol. The summed E-state index contributed by atoms with van der Waals surface area (Å²) in [6.45, 7) is 6.63. The topological polar surface area (TPSA) is 41.3 Å². The van der Waals surface area contributed by atoms with Crippen molar-refractivity contribution in [3.05, 3.63) is 0 Å². The molecule has 0 amide bonds. The first-order valence-electron chi connectivity index (χ1n) is 5.33. The smallest absolute Gasteiger partial charge is 0.0136 e. The molecule has 2 unspecified atom stereocenters. The van der Waals surface area contributed by atoms with Crippen LogP contribution in [0.15, 0.2) is 0 Å². The first-order chi connectivity index (χ1) is 6.18. The molecule has 0 radical (unpaired) electrons.